The molecule has 0 unspecified atom stereocenters. The summed E-state index contributed by atoms with van der Waals surface area (Å²) in [6.45, 7) is 11.5. The minimum atomic E-state index is -0.893. The highest BCUT2D eigenvalue weighted by Crippen LogP contribution is 2.46. The van der Waals surface area contributed by atoms with Gasteiger partial charge in [-0.3, -0.25) is 0 Å². The van der Waals surface area contributed by atoms with Gasteiger partial charge in [0.25, 0.3) is 0 Å². The number of aromatic carboxylic acids is 1. The van der Waals surface area contributed by atoms with Crippen LogP contribution in [-0.4, -0.2) is 11.1 Å². The molecule has 0 amide bonds. The molecule has 0 aromatic heterocycles. The van der Waals surface area contributed by atoms with E-state index >= 15 is 0 Å². The van der Waals surface area contributed by atoms with Crippen LogP contribution in [0.2, 0.25) is 0 Å². The van der Waals surface area contributed by atoms with Crippen molar-refractivity contribution in [2.75, 3.05) is 0 Å². The molecule has 0 bridgehead atoms. The zero-order valence-electron chi connectivity index (χ0n) is 16.8. The number of benzene rings is 2. The van der Waals surface area contributed by atoms with Crippen LogP contribution in [0.3, 0.4) is 0 Å². The van der Waals surface area contributed by atoms with Crippen molar-refractivity contribution >= 4 is 30.5 Å². The molecule has 1 N–H and O–H groups in total. The Hall–Kier alpha value is -2.06. The number of hydrogen-bond acceptors (Lipinski definition) is 1. The van der Waals surface area contributed by atoms with E-state index in [0.717, 1.165) is 5.56 Å². The molecule has 1 aliphatic carbocycles. The van der Waals surface area contributed by atoms with Crippen molar-refractivity contribution in [3.63, 3.8) is 0 Å². The average Bonchev–Trinajstić information content (AvgIpc) is 2.58. The molecular weight excluding hydrogens is 356 g/mol. The molecule has 0 fully saturated rings. The molecule has 0 spiro atoms. The molecule has 27 heavy (non-hydrogen) atoms. The zero-order valence-corrected chi connectivity index (χ0v) is 17.6. The predicted octanol–water partition coefficient (Wildman–Crippen LogP) is 6.63. The van der Waals surface area contributed by atoms with Crippen LogP contribution in [0, 0.1) is 6.92 Å². The Bertz CT molecular complexity index is 874. The van der Waals surface area contributed by atoms with Crippen LogP contribution in [0.1, 0.15) is 78.7 Å². The van der Waals surface area contributed by atoms with E-state index in [1.807, 2.05) is 12.1 Å². The molecule has 0 radical (unpaired) electrons. The number of rotatable bonds is 3. The Labute approximate surface area is 168 Å². The molecule has 1 aliphatic rings. The van der Waals surface area contributed by atoms with Gasteiger partial charge in [-0.25, -0.2) is 4.79 Å². The molecule has 0 aliphatic heterocycles. The summed E-state index contributed by atoms with van der Waals surface area (Å²) in [7, 11) is 0. The maximum atomic E-state index is 11.0. The normalized spacial score (nSPS) is 17.2. The topological polar surface area (TPSA) is 37.3 Å². The first-order chi connectivity index (χ1) is 12.1. The zero-order chi connectivity index (χ0) is 19.1. The number of carboxylic acids is 1. The second kappa shape index (κ2) is 7.52. The summed E-state index contributed by atoms with van der Waals surface area (Å²) in [6.07, 6.45) is 6.62. The first kappa shape index (κ1) is 21.2. The summed E-state index contributed by atoms with van der Waals surface area (Å²) < 4.78 is 0. The fourth-order valence-corrected chi connectivity index (χ4v) is 3.84. The van der Waals surface area contributed by atoms with Crippen LogP contribution in [0.25, 0.3) is 12.2 Å². The van der Waals surface area contributed by atoms with E-state index in [0.29, 0.717) is 5.56 Å². The van der Waals surface area contributed by atoms with Crippen molar-refractivity contribution in [3.8, 4) is 0 Å². The number of aryl methyl sites for hydroxylation is 1. The number of carboxylic acid groups (broad SMARTS) is 1. The molecule has 2 aromatic rings. The van der Waals surface area contributed by atoms with Crippen molar-refractivity contribution < 1.29 is 9.90 Å². The first-order valence-corrected chi connectivity index (χ1v) is 9.27. The summed E-state index contributed by atoms with van der Waals surface area (Å²) in [6, 6.07) is 11.7. The number of halogens is 1. The van der Waals surface area contributed by atoms with Gasteiger partial charge in [-0.15, -0.1) is 12.4 Å². The van der Waals surface area contributed by atoms with Gasteiger partial charge in [0.1, 0.15) is 0 Å². The summed E-state index contributed by atoms with van der Waals surface area (Å²) in [5.74, 6) is -0.893. The maximum Gasteiger partial charge on any atom is 0.335 e. The third kappa shape index (κ3) is 4.27. The molecule has 0 heterocycles. The third-order valence-corrected chi connectivity index (χ3v) is 5.85. The predicted molar refractivity (Wildman–Crippen MR) is 116 cm³/mol. The molecule has 0 saturated heterocycles. The van der Waals surface area contributed by atoms with Crippen molar-refractivity contribution in [3.05, 3.63) is 69.8 Å². The van der Waals surface area contributed by atoms with E-state index in [2.05, 4.69) is 58.9 Å². The highest BCUT2D eigenvalue weighted by molar-refractivity contribution is 5.88. The monoisotopic (exact) mass is 384 g/mol. The van der Waals surface area contributed by atoms with Gasteiger partial charge in [-0.2, -0.15) is 0 Å². The standard InChI is InChI=1S/C24H28O2.ClH/c1-16-14-20-21(24(4,5)13-12-23(20,2)3)15-19(16)11-8-17-6-9-18(10-7-17)22(25)26;/h6-11,14-15H,12-13H2,1-5H3,(H,25,26);1H. The van der Waals surface area contributed by atoms with Crippen LogP contribution in [-0.2, 0) is 10.8 Å². The Kier molecular flexibility index (Phi) is 5.91. The number of hydrogen-bond donors (Lipinski definition) is 1. The molecular formula is C24H29ClO2. The quantitative estimate of drug-likeness (QED) is 0.602. The Balaban J connectivity index is 0.00000261. The van der Waals surface area contributed by atoms with Gasteiger partial charge in [0.15, 0.2) is 0 Å². The second-order valence-electron chi connectivity index (χ2n) is 8.78. The van der Waals surface area contributed by atoms with Crippen LogP contribution in [0.5, 0.6) is 0 Å². The fraction of sp³-hybridized carbons (Fsp3) is 0.375. The highest BCUT2D eigenvalue weighted by atomic mass is 35.5. The Morgan fingerprint density at radius 1 is 0.926 bits per heavy atom. The van der Waals surface area contributed by atoms with Crippen LogP contribution < -0.4 is 0 Å². The van der Waals surface area contributed by atoms with Crippen molar-refractivity contribution in [1.82, 2.24) is 0 Å². The van der Waals surface area contributed by atoms with Crippen LogP contribution in [0.4, 0.5) is 0 Å². The second-order valence-corrected chi connectivity index (χ2v) is 8.78. The summed E-state index contributed by atoms with van der Waals surface area (Å²) in [5, 5.41) is 9.01. The number of carbonyl (C=O) groups is 1. The summed E-state index contributed by atoms with van der Waals surface area (Å²) >= 11 is 0. The minimum absolute atomic E-state index is 0. The van der Waals surface area contributed by atoms with Crippen LogP contribution in [0.15, 0.2) is 36.4 Å². The van der Waals surface area contributed by atoms with E-state index < -0.39 is 5.97 Å². The highest BCUT2D eigenvalue weighted by Gasteiger charge is 2.37. The van der Waals surface area contributed by atoms with Gasteiger partial charge in [0.05, 0.1) is 5.56 Å². The summed E-state index contributed by atoms with van der Waals surface area (Å²) in [5.41, 5.74) is 7.21. The van der Waals surface area contributed by atoms with Gasteiger partial charge >= 0.3 is 5.97 Å². The molecule has 144 valence electrons. The molecule has 3 heteroatoms. The molecule has 2 nitrogen and oxygen atoms in total. The Morgan fingerprint density at radius 3 is 1.96 bits per heavy atom. The lowest BCUT2D eigenvalue weighted by molar-refractivity contribution is 0.0697. The van der Waals surface area contributed by atoms with E-state index in [-0.39, 0.29) is 23.2 Å². The lowest BCUT2D eigenvalue weighted by Gasteiger charge is -2.42. The third-order valence-electron chi connectivity index (χ3n) is 5.85. The van der Waals surface area contributed by atoms with Gasteiger partial charge in [-0.05, 0) is 70.5 Å². The first-order valence-electron chi connectivity index (χ1n) is 9.27. The van der Waals surface area contributed by atoms with Gasteiger partial charge in [0, 0.05) is 0 Å². The summed E-state index contributed by atoms with van der Waals surface area (Å²) in [4.78, 5) is 11.0. The van der Waals surface area contributed by atoms with E-state index in [1.165, 1.54) is 35.1 Å². The SMILES string of the molecule is Cc1cc2c(cc1C=Cc1ccc(C(=O)O)cc1)C(C)(C)CCC2(C)C.Cl. The fourth-order valence-electron chi connectivity index (χ4n) is 3.84. The van der Waals surface area contributed by atoms with Crippen LogP contribution >= 0.6 is 12.4 Å². The minimum Gasteiger partial charge on any atom is -0.478 e. The lowest BCUT2D eigenvalue weighted by atomic mass is 9.62. The average molecular weight is 385 g/mol. The van der Waals surface area contributed by atoms with E-state index in [1.54, 1.807) is 12.1 Å². The van der Waals surface area contributed by atoms with Crippen molar-refractivity contribution in [2.45, 2.75) is 58.3 Å². The van der Waals surface area contributed by atoms with Crippen molar-refractivity contribution in [1.29, 1.82) is 0 Å². The number of fused-ring (bicyclic) bond motifs is 1. The van der Waals surface area contributed by atoms with Gasteiger partial charge in [-0.1, -0.05) is 64.1 Å². The van der Waals surface area contributed by atoms with Crippen molar-refractivity contribution in [2.24, 2.45) is 0 Å². The smallest absolute Gasteiger partial charge is 0.335 e. The Morgan fingerprint density at radius 2 is 1.44 bits per heavy atom. The van der Waals surface area contributed by atoms with E-state index in [4.69, 9.17) is 5.11 Å². The molecule has 3 rings (SSSR count). The van der Waals surface area contributed by atoms with E-state index in [9.17, 15) is 4.79 Å². The molecule has 0 atom stereocenters. The molecule has 2 aromatic carbocycles. The molecule has 0 saturated carbocycles. The lowest BCUT2D eigenvalue weighted by Crippen LogP contribution is -2.34. The maximum absolute atomic E-state index is 11.0. The van der Waals surface area contributed by atoms with Gasteiger partial charge in [0.2, 0.25) is 0 Å². The van der Waals surface area contributed by atoms with Gasteiger partial charge < -0.3 is 5.11 Å². The largest absolute Gasteiger partial charge is 0.478 e.